The van der Waals surface area contributed by atoms with Crippen LogP contribution in [0.3, 0.4) is 0 Å². The molecule has 0 spiro atoms. The predicted octanol–water partition coefficient (Wildman–Crippen LogP) is 2.26. The van der Waals surface area contributed by atoms with Gasteiger partial charge in [0.05, 0.1) is 16.8 Å². The molecule has 4 nitrogen and oxygen atoms in total. The molecule has 2 aliphatic rings. The van der Waals surface area contributed by atoms with Gasteiger partial charge >= 0.3 is 5.97 Å². The van der Waals surface area contributed by atoms with E-state index in [-0.39, 0.29) is 6.10 Å². The summed E-state index contributed by atoms with van der Waals surface area (Å²) in [5, 5.41) is 12.6. The van der Waals surface area contributed by atoms with E-state index in [9.17, 15) is 9.90 Å². The first-order chi connectivity index (χ1) is 8.62. The number of ether oxygens (including phenoxy) is 1. The van der Waals surface area contributed by atoms with Gasteiger partial charge in [0.2, 0.25) is 0 Å². The van der Waals surface area contributed by atoms with Gasteiger partial charge in [-0.3, -0.25) is 4.79 Å². The number of hydrogen-bond acceptors (Lipinski definition) is 4. The van der Waals surface area contributed by atoms with E-state index < -0.39 is 11.4 Å². The summed E-state index contributed by atoms with van der Waals surface area (Å²) >= 11 is 1.58. The van der Waals surface area contributed by atoms with Crippen LogP contribution in [-0.2, 0) is 16.0 Å². The highest BCUT2D eigenvalue weighted by Crippen LogP contribution is 2.49. The zero-order valence-corrected chi connectivity index (χ0v) is 11.2. The molecule has 0 bridgehead atoms. The van der Waals surface area contributed by atoms with Crippen LogP contribution in [-0.4, -0.2) is 28.8 Å². The van der Waals surface area contributed by atoms with E-state index in [1.165, 1.54) is 0 Å². The highest BCUT2D eigenvalue weighted by atomic mass is 32.1. The van der Waals surface area contributed by atoms with Crippen molar-refractivity contribution in [2.45, 2.75) is 38.7 Å². The predicted molar refractivity (Wildman–Crippen MR) is 67.7 cm³/mol. The lowest BCUT2D eigenvalue weighted by atomic mass is 9.75. The maximum Gasteiger partial charge on any atom is 0.312 e. The van der Waals surface area contributed by atoms with Crippen LogP contribution in [0, 0.1) is 18.3 Å². The van der Waals surface area contributed by atoms with E-state index in [1.807, 2.05) is 12.3 Å². The first kappa shape index (κ1) is 12.1. The maximum atomic E-state index is 11.8. The summed E-state index contributed by atoms with van der Waals surface area (Å²) in [7, 11) is 0. The molecule has 2 unspecified atom stereocenters. The smallest absolute Gasteiger partial charge is 0.312 e. The molecule has 18 heavy (non-hydrogen) atoms. The molecule has 0 radical (unpaired) electrons. The van der Waals surface area contributed by atoms with Gasteiger partial charge in [-0.1, -0.05) is 0 Å². The minimum Gasteiger partial charge on any atom is -0.481 e. The number of carboxylic acids is 1. The van der Waals surface area contributed by atoms with Crippen LogP contribution in [0.5, 0.6) is 0 Å². The van der Waals surface area contributed by atoms with E-state index in [4.69, 9.17) is 4.74 Å². The molecule has 0 amide bonds. The number of rotatable bonds is 4. The molecule has 3 rings (SSSR count). The Kier molecular flexibility index (Phi) is 2.90. The molecule has 1 saturated carbocycles. The van der Waals surface area contributed by atoms with E-state index in [0.717, 1.165) is 23.5 Å². The van der Waals surface area contributed by atoms with Crippen molar-refractivity contribution in [3.05, 3.63) is 16.1 Å². The summed E-state index contributed by atoms with van der Waals surface area (Å²) in [6.07, 6.45) is 3.22. The Bertz CT molecular complexity index is 469. The number of aliphatic carboxylic acids is 1. The van der Waals surface area contributed by atoms with Crippen LogP contribution in [0.4, 0.5) is 0 Å². The second-order valence-corrected chi connectivity index (χ2v) is 6.44. The fourth-order valence-electron chi connectivity index (χ4n) is 2.96. The largest absolute Gasteiger partial charge is 0.481 e. The number of carbonyl (C=O) groups is 1. The van der Waals surface area contributed by atoms with Crippen LogP contribution in [0.2, 0.25) is 0 Å². The van der Waals surface area contributed by atoms with E-state index >= 15 is 0 Å². The molecule has 2 atom stereocenters. The lowest BCUT2D eigenvalue weighted by Crippen LogP contribution is -2.42. The van der Waals surface area contributed by atoms with Gasteiger partial charge in [0, 0.05) is 18.4 Å². The van der Waals surface area contributed by atoms with Crippen molar-refractivity contribution < 1.29 is 14.6 Å². The Hall–Kier alpha value is -0.940. The van der Waals surface area contributed by atoms with Gasteiger partial charge in [-0.2, -0.15) is 0 Å². The van der Waals surface area contributed by atoms with Crippen molar-refractivity contribution in [1.29, 1.82) is 0 Å². The second kappa shape index (κ2) is 4.31. The summed E-state index contributed by atoms with van der Waals surface area (Å²) in [5.41, 5.74) is 0.151. The summed E-state index contributed by atoms with van der Waals surface area (Å²) in [5.74, 6) is -0.272. The molecule has 2 heterocycles. The number of carboxylic acid groups (broad SMARTS) is 1. The standard InChI is InChI=1S/C13H17NO3S/c1-8-14-10(7-18-8)6-13(12(15)16)4-5-17-11(13)9-2-3-9/h7,9,11H,2-6H2,1H3,(H,15,16). The first-order valence-electron chi connectivity index (χ1n) is 6.38. The molecule has 1 aliphatic heterocycles. The molecule has 1 aromatic heterocycles. The zero-order chi connectivity index (χ0) is 12.8. The van der Waals surface area contributed by atoms with Crippen molar-refractivity contribution in [2.24, 2.45) is 11.3 Å². The topological polar surface area (TPSA) is 59.4 Å². The zero-order valence-electron chi connectivity index (χ0n) is 10.4. The molecule has 2 fully saturated rings. The third-order valence-corrected chi connectivity index (χ3v) is 4.85. The first-order valence-corrected chi connectivity index (χ1v) is 7.26. The average molecular weight is 267 g/mol. The highest BCUT2D eigenvalue weighted by Gasteiger charge is 2.56. The average Bonchev–Trinajstić information content (AvgIpc) is 2.95. The van der Waals surface area contributed by atoms with Crippen molar-refractivity contribution >= 4 is 17.3 Å². The van der Waals surface area contributed by atoms with Gasteiger partial charge in [-0.15, -0.1) is 11.3 Å². The van der Waals surface area contributed by atoms with Gasteiger partial charge in [0.1, 0.15) is 5.41 Å². The molecule has 0 aromatic carbocycles. The third kappa shape index (κ3) is 1.95. The molecule has 1 N–H and O–H groups in total. The van der Waals surface area contributed by atoms with Crippen molar-refractivity contribution in [1.82, 2.24) is 4.98 Å². The van der Waals surface area contributed by atoms with Crippen molar-refractivity contribution in [2.75, 3.05) is 6.61 Å². The summed E-state index contributed by atoms with van der Waals surface area (Å²) < 4.78 is 5.73. The monoisotopic (exact) mass is 267 g/mol. The Morgan fingerprint density at radius 2 is 2.44 bits per heavy atom. The summed E-state index contributed by atoms with van der Waals surface area (Å²) in [6, 6.07) is 0. The molecule has 1 saturated heterocycles. The molecule has 1 aliphatic carbocycles. The quantitative estimate of drug-likeness (QED) is 0.909. The van der Waals surface area contributed by atoms with Gasteiger partial charge < -0.3 is 9.84 Å². The Balaban J connectivity index is 1.88. The van der Waals surface area contributed by atoms with Gasteiger partial charge in [0.15, 0.2) is 0 Å². The van der Waals surface area contributed by atoms with E-state index in [2.05, 4.69) is 4.98 Å². The molecule has 98 valence electrons. The minimum atomic E-state index is -0.748. The minimum absolute atomic E-state index is 0.114. The molecular weight excluding hydrogens is 250 g/mol. The normalized spacial score (nSPS) is 31.7. The Morgan fingerprint density at radius 1 is 1.67 bits per heavy atom. The van der Waals surface area contributed by atoms with Gasteiger partial charge in [0.25, 0.3) is 0 Å². The molecule has 1 aromatic rings. The second-order valence-electron chi connectivity index (χ2n) is 5.37. The number of hydrogen-bond donors (Lipinski definition) is 1. The lowest BCUT2D eigenvalue weighted by Gasteiger charge is -2.29. The van der Waals surface area contributed by atoms with E-state index in [0.29, 0.717) is 25.4 Å². The number of nitrogens with zero attached hydrogens (tertiary/aromatic N) is 1. The molecule has 5 heteroatoms. The van der Waals surface area contributed by atoms with Crippen LogP contribution in [0.15, 0.2) is 5.38 Å². The van der Waals surface area contributed by atoms with Crippen LogP contribution in [0.1, 0.15) is 30.0 Å². The summed E-state index contributed by atoms with van der Waals surface area (Å²) in [4.78, 5) is 16.2. The highest BCUT2D eigenvalue weighted by molar-refractivity contribution is 7.09. The number of thiazole rings is 1. The third-order valence-electron chi connectivity index (χ3n) is 4.03. The molecular formula is C13H17NO3S. The van der Waals surface area contributed by atoms with Crippen LogP contribution in [0.25, 0.3) is 0 Å². The Labute approximate surface area is 110 Å². The summed E-state index contributed by atoms with van der Waals surface area (Å²) in [6.45, 7) is 2.52. The lowest BCUT2D eigenvalue weighted by molar-refractivity contribution is -0.153. The fourth-order valence-corrected chi connectivity index (χ4v) is 3.57. The van der Waals surface area contributed by atoms with Crippen LogP contribution < -0.4 is 0 Å². The van der Waals surface area contributed by atoms with Gasteiger partial charge in [-0.25, -0.2) is 4.98 Å². The van der Waals surface area contributed by atoms with Crippen molar-refractivity contribution in [3.8, 4) is 0 Å². The number of aromatic nitrogens is 1. The van der Waals surface area contributed by atoms with Crippen LogP contribution >= 0.6 is 11.3 Å². The van der Waals surface area contributed by atoms with E-state index in [1.54, 1.807) is 11.3 Å². The van der Waals surface area contributed by atoms with Gasteiger partial charge in [-0.05, 0) is 32.1 Å². The fraction of sp³-hybridized carbons (Fsp3) is 0.692. The maximum absolute atomic E-state index is 11.8. The Morgan fingerprint density at radius 3 is 3.00 bits per heavy atom. The van der Waals surface area contributed by atoms with Crippen molar-refractivity contribution in [3.63, 3.8) is 0 Å². The number of aryl methyl sites for hydroxylation is 1. The SMILES string of the molecule is Cc1nc(CC2(C(=O)O)CCOC2C2CC2)cs1.